The predicted octanol–water partition coefficient (Wildman–Crippen LogP) is 2.32. The number of rotatable bonds is 3. The van der Waals surface area contributed by atoms with Crippen molar-refractivity contribution in [1.29, 1.82) is 0 Å². The molecule has 0 radical (unpaired) electrons. The van der Waals surface area contributed by atoms with Crippen molar-refractivity contribution in [2.24, 2.45) is 11.8 Å². The minimum Gasteiger partial charge on any atom is -0.381 e. The maximum Gasteiger partial charge on any atom is 0.173 e. The summed E-state index contributed by atoms with van der Waals surface area (Å²) in [5.74, 6) is 1.38. The Hall–Kier alpha value is -0.160. The van der Waals surface area contributed by atoms with Crippen molar-refractivity contribution >= 4 is 0 Å². The predicted molar refractivity (Wildman–Crippen MR) is 77.6 cm³/mol. The highest BCUT2D eigenvalue weighted by molar-refractivity contribution is 4.85. The maximum absolute atomic E-state index is 6.16. The molecule has 3 fully saturated rings. The first kappa shape index (κ1) is 14.8. The third-order valence-electron chi connectivity index (χ3n) is 5.40. The molecule has 0 amide bonds. The Balaban J connectivity index is 1.41. The molecule has 4 nitrogen and oxygen atoms in total. The van der Waals surface area contributed by atoms with Crippen LogP contribution < -0.4 is 5.32 Å². The Labute approximate surface area is 122 Å². The van der Waals surface area contributed by atoms with Gasteiger partial charge in [-0.1, -0.05) is 13.8 Å². The van der Waals surface area contributed by atoms with Crippen LogP contribution in [0, 0.1) is 11.8 Å². The van der Waals surface area contributed by atoms with Crippen molar-refractivity contribution in [2.45, 2.75) is 63.9 Å². The van der Waals surface area contributed by atoms with Gasteiger partial charge >= 0.3 is 0 Å². The van der Waals surface area contributed by atoms with Gasteiger partial charge in [-0.25, -0.2) is 0 Å². The van der Waals surface area contributed by atoms with Crippen LogP contribution in [0.3, 0.4) is 0 Å². The highest BCUT2D eigenvalue weighted by Gasteiger charge is 2.42. The molecule has 0 aromatic rings. The Morgan fingerprint density at radius 3 is 2.65 bits per heavy atom. The summed E-state index contributed by atoms with van der Waals surface area (Å²) in [6.07, 6.45) is 5.92. The summed E-state index contributed by atoms with van der Waals surface area (Å²) < 4.78 is 17.5. The van der Waals surface area contributed by atoms with Crippen molar-refractivity contribution in [2.75, 3.05) is 26.4 Å². The normalized spacial score (nSPS) is 41.1. The van der Waals surface area contributed by atoms with E-state index >= 15 is 0 Å². The molecule has 0 unspecified atom stereocenters. The molecular weight excluding hydrogens is 254 g/mol. The fraction of sp³-hybridized carbons (Fsp3) is 1.00. The monoisotopic (exact) mass is 283 g/mol. The van der Waals surface area contributed by atoms with Crippen LogP contribution in [0.2, 0.25) is 0 Å². The second-order valence-corrected chi connectivity index (χ2v) is 6.95. The quantitative estimate of drug-likeness (QED) is 0.863. The summed E-state index contributed by atoms with van der Waals surface area (Å²) in [5, 5.41) is 3.70. The second-order valence-electron chi connectivity index (χ2n) is 6.95. The first-order valence-electron chi connectivity index (χ1n) is 8.30. The van der Waals surface area contributed by atoms with Gasteiger partial charge in [0, 0.05) is 25.4 Å². The lowest BCUT2D eigenvalue weighted by atomic mass is 9.79. The fourth-order valence-corrected chi connectivity index (χ4v) is 3.69. The molecule has 1 aliphatic carbocycles. The lowest BCUT2D eigenvalue weighted by Crippen LogP contribution is -2.42. The molecule has 1 saturated carbocycles. The number of nitrogens with one attached hydrogen (secondary N) is 1. The standard InChI is InChI=1S/C16H29NO3/c1-12-3-4-14(9-13(12)2)17-10-15-11-19-16(20-15)5-7-18-8-6-16/h12-15,17H,3-11H2,1-2H3/t12-,13-,14+,15-/m1/s1. The largest absolute Gasteiger partial charge is 0.381 e. The minimum absolute atomic E-state index is 0.211. The maximum atomic E-state index is 6.16. The van der Waals surface area contributed by atoms with Crippen LogP contribution in [0.5, 0.6) is 0 Å². The third-order valence-corrected chi connectivity index (χ3v) is 5.40. The van der Waals surface area contributed by atoms with E-state index in [2.05, 4.69) is 19.2 Å². The fourth-order valence-electron chi connectivity index (χ4n) is 3.69. The van der Waals surface area contributed by atoms with E-state index in [1.807, 2.05) is 0 Å². The van der Waals surface area contributed by atoms with Crippen LogP contribution in [0.15, 0.2) is 0 Å². The van der Waals surface area contributed by atoms with Crippen molar-refractivity contribution in [1.82, 2.24) is 5.32 Å². The molecule has 2 saturated heterocycles. The molecule has 2 aliphatic heterocycles. The molecule has 0 aromatic carbocycles. The van der Waals surface area contributed by atoms with E-state index in [1.54, 1.807) is 0 Å². The summed E-state index contributed by atoms with van der Waals surface area (Å²) in [4.78, 5) is 0. The molecule has 1 spiro atoms. The minimum atomic E-state index is -0.334. The van der Waals surface area contributed by atoms with E-state index in [0.29, 0.717) is 6.04 Å². The van der Waals surface area contributed by atoms with Gasteiger partial charge in [0.05, 0.1) is 25.9 Å². The van der Waals surface area contributed by atoms with Gasteiger partial charge in [-0.3, -0.25) is 0 Å². The zero-order valence-electron chi connectivity index (χ0n) is 12.9. The molecule has 0 bridgehead atoms. The molecule has 116 valence electrons. The Kier molecular flexibility index (Phi) is 4.65. The molecule has 4 heteroatoms. The van der Waals surface area contributed by atoms with E-state index in [0.717, 1.165) is 51.0 Å². The number of ether oxygens (including phenoxy) is 3. The molecule has 20 heavy (non-hydrogen) atoms. The van der Waals surface area contributed by atoms with E-state index < -0.39 is 0 Å². The summed E-state index contributed by atoms with van der Waals surface area (Å²) >= 11 is 0. The zero-order valence-corrected chi connectivity index (χ0v) is 12.9. The molecule has 3 rings (SSSR count). The number of hydrogen-bond acceptors (Lipinski definition) is 4. The van der Waals surface area contributed by atoms with Gasteiger partial charge in [0.2, 0.25) is 0 Å². The molecular formula is C16H29NO3. The lowest BCUT2D eigenvalue weighted by Gasteiger charge is -2.34. The van der Waals surface area contributed by atoms with Crippen LogP contribution in [0.25, 0.3) is 0 Å². The van der Waals surface area contributed by atoms with E-state index in [4.69, 9.17) is 14.2 Å². The average molecular weight is 283 g/mol. The summed E-state index contributed by atoms with van der Waals surface area (Å²) in [5.41, 5.74) is 0. The Bertz CT molecular complexity index is 317. The van der Waals surface area contributed by atoms with Crippen molar-refractivity contribution in [3.05, 3.63) is 0 Å². The van der Waals surface area contributed by atoms with Crippen LogP contribution in [-0.2, 0) is 14.2 Å². The van der Waals surface area contributed by atoms with Gasteiger partial charge in [0.25, 0.3) is 0 Å². The van der Waals surface area contributed by atoms with E-state index in [1.165, 1.54) is 19.3 Å². The first-order valence-corrected chi connectivity index (χ1v) is 8.30. The second kappa shape index (κ2) is 6.30. The van der Waals surface area contributed by atoms with Gasteiger partial charge < -0.3 is 19.5 Å². The third kappa shape index (κ3) is 3.35. The van der Waals surface area contributed by atoms with Crippen molar-refractivity contribution < 1.29 is 14.2 Å². The van der Waals surface area contributed by atoms with Gasteiger partial charge in [-0.05, 0) is 31.1 Å². The molecule has 1 N–H and O–H groups in total. The summed E-state index contributed by atoms with van der Waals surface area (Å²) in [7, 11) is 0. The van der Waals surface area contributed by atoms with Gasteiger partial charge in [0.1, 0.15) is 0 Å². The summed E-state index contributed by atoms with van der Waals surface area (Å²) in [6.45, 7) is 7.94. The van der Waals surface area contributed by atoms with Crippen LogP contribution in [0.4, 0.5) is 0 Å². The number of hydrogen-bond donors (Lipinski definition) is 1. The lowest BCUT2D eigenvalue weighted by molar-refractivity contribution is -0.210. The summed E-state index contributed by atoms with van der Waals surface area (Å²) in [6, 6.07) is 0.663. The smallest absolute Gasteiger partial charge is 0.173 e. The van der Waals surface area contributed by atoms with Gasteiger partial charge in [-0.15, -0.1) is 0 Å². The highest BCUT2D eigenvalue weighted by atomic mass is 16.7. The Morgan fingerprint density at radius 2 is 1.90 bits per heavy atom. The van der Waals surface area contributed by atoms with Crippen molar-refractivity contribution in [3.8, 4) is 0 Å². The van der Waals surface area contributed by atoms with Crippen molar-refractivity contribution in [3.63, 3.8) is 0 Å². The highest BCUT2D eigenvalue weighted by Crippen LogP contribution is 2.33. The average Bonchev–Trinajstić information content (AvgIpc) is 2.84. The van der Waals surface area contributed by atoms with E-state index in [-0.39, 0.29) is 11.9 Å². The van der Waals surface area contributed by atoms with Gasteiger partial charge in [-0.2, -0.15) is 0 Å². The molecule has 3 aliphatic rings. The SMILES string of the molecule is C[C@@H]1CC[C@H](NC[C@@H]2COC3(CCOCC3)O2)C[C@H]1C. The van der Waals surface area contributed by atoms with E-state index in [9.17, 15) is 0 Å². The first-order chi connectivity index (χ1) is 9.67. The van der Waals surface area contributed by atoms with Gasteiger partial charge in [0.15, 0.2) is 5.79 Å². The van der Waals surface area contributed by atoms with Crippen LogP contribution >= 0.6 is 0 Å². The topological polar surface area (TPSA) is 39.7 Å². The molecule has 4 atom stereocenters. The van der Waals surface area contributed by atoms with Crippen LogP contribution in [-0.4, -0.2) is 44.3 Å². The molecule has 2 heterocycles. The molecule has 0 aromatic heterocycles. The Morgan fingerprint density at radius 1 is 1.10 bits per heavy atom. The van der Waals surface area contributed by atoms with Crippen LogP contribution in [0.1, 0.15) is 46.0 Å². The zero-order chi connectivity index (χ0) is 14.0.